The smallest absolute Gasteiger partial charge is 0.0873 e. The van der Waals surface area contributed by atoms with Crippen LogP contribution in [0.3, 0.4) is 0 Å². The Morgan fingerprint density at radius 3 is 1.59 bits per heavy atom. The first-order valence-corrected chi connectivity index (χ1v) is 7.77. The van der Waals surface area contributed by atoms with E-state index in [1.54, 1.807) is 0 Å². The van der Waals surface area contributed by atoms with Crippen molar-refractivity contribution in [2.24, 2.45) is 0 Å². The molecule has 0 atom stereocenters. The van der Waals surface area contributed by atoms with Gasteiger partial charge in [0.05, 0.1) is 12.9 Å². The zero-order chi connectivity index (χ0) is 12.0. The maximum Gasteiger partial charge on any atom is 0.0873 e. The highest BCUT2D eigenvalue weighted by Gasteiger charge is 1.94. The highest BCUT2D eigenvalue weighted by atomic mass is 16.5. The SMILES string of the molecule is C1=COCCCCCCCCCCCCCC1. The minimum atomic E-state index is 0.913. The zero-order valence-corrected chi connectivity index (χ0v) is 11.5. The molecule has 17 heavy (non-hydrogen) atoms. The van der Waals surface area contributed by atoms with Crippen LogP contribution in [0.5, 0.6) is 0 Å². The number of rotatable bonds is 0. The van der Waals surface area contributed by atoms with E-state index >= 15 is 0 Å². The summed E-state index contributed by atoms with van der Waals surface area (Å²) in [5.41, 5.74) is 0. The van der Waals surface area contributed by atoms with Gasteiger partial charge >= 0.3 is 0 Å². The third-order valence-electron chi connectivity index (χ3n) is 3.58. The fourth-order valence-corrected chi connectivity index (χ4v) is 2.42. The Bertz CT molecular complexity index is 156. The van der Waals surface area contributed by atoms with Gasteiger partial charge < -0.3 is 4.74 Å². The molecule has 1 nitrogen and oxygen atoms in total. The molecule has 1 heteroatoms. The highest BCUT2D eigenvalue weighted by Crippen LogP contribution is 2.13. The second kappa shape index (κ2) is 12.0. The molecule has 0 saturated carbocycles. The molecule has 0 fully saturated rings. The van der Waals surface area contributed by atoms with Gasteiger partial charge in [0.1, 0.15) is 0 Å². The summed E-state index contributed by atoms with van der Waals surface area (Å²) >= 11 is 0. The molecular formula is C16H30O. The quantitative estimate of drug-likeness (QED) is 0.533. The first-order valence-electron chi connectivity index (χ1n) is 7.77. The van der Waals surface area contributed by atoms with Crippen LogP contribution in [-0.2, 0) is 4.74 Å². The average Bonchev–Trinajstić information content (AvgIpc) is 2.35. The normalized spacial score (nSPS) is 22.6. The molecule has 0 aliphatic carbocycles. The monoisotopic (exact) mass is 238 g/mol. The van der Waals surface area contributed by atoms with Crippen molar-refractivity contribution < 1.29 is 4.74 Å². The molecule has 100 valence electrons. The average molecular weight is 238 g/mol. The van der Waals surface area contributed by atoms with Crippen molar-refractivity contribution in [3.63, 3.8) is 0 Å². The molecule has 0 aromatic rings. The fourth-order valence-electron chi connectivity index (χ4n) is 2.42. The molecule has 1 aliphatic heterocycles. The molecule has 0 N–H and O–H groups in total. The minimum Gasteiger partial charge on any atom is -0.502 e. The van der Waals surface area contributed by atoms with Crippen LogP contribution >= 0.6 is 0 Å². The lowest BCUT2D eigenvalue weighted by Gasteiger charge is -2.02. The van der Waals surface area contributed by atoms with Crippen LogP contribution in [0.1, 0.15) is 83.5 Å². The summed E-state index contributed by atoms with van der Waals surface area (Å²) < 4.78 is 5.48. The van der Waals surface area contributed by atoms with E-state index < -0.39 is 0 Å². The van der Waals surface area contributed by atoms with Crippen LogP contribution in [0.2, 0.25) is 0 Å². The van der Waals surface area contributed by atoms with Crippen LogP contribution in [-0.4, -0.2) is 6.61 Å². The molecule has 1 aliphatic rings. The van der Waals surface area contributed by atoms with Crippen LogP contribution < -0.4 is 0 Å². The van der Waals surface area contributed by atoms with Crippen molar-refractivity contribution in [1.29, 1.82) is 0 Å². The molecule has 0 aromatic heterocycles. The lowest BCUT2D eigenvalue weighted by Crippen LogP contribution is -1.88. The van der Waals surface area contributed by atoms with E-state index in [0.717, 1.165) is 6.61 Å². The van der Waals surface area contributed by atoms with Gasteiger partial charge in [-0.3, -0.25) is 0 Å². The van der Waals surface area contributed by atoms with E-state index in [2.05, 4.69) is 6.08 Å². The van der Waals surface area contributed by atoms with Gasteiger partial charge in [0.15, 0.2) is 0 Å². The first kappa shape index (κ1) is 14.6. The Morgan fingerprint density at radius 1 is 0.529 bits per heavy atom. The van der Waals surface area contributed by atoms with E-state index in [1.165, 1.54) is 83.5 Å². The molecule has 0 aromatic carbocycles. The van der Waals surface area contributed by atoms with E-state index in [0.29, 0.717) is 0 Å². The van der Waals surface area contributed by atoms with Crippen molar-refractivity contribution in [2.45, 2.75) is 83.5 Å². The van der Waals surface area contributed by atoms with Crippen molar-refractivity contribution in [1.82, 2.24) is 0 Å². The molecule has 0 spiro atoms. The summed E-state index contributed by atoms with van der Waals surface area (Å²) in [4.78, 5) is 0. The summed E-state index contributed by atoms with van der Waals surface area (Å²) in [6.07, 6.45) is 22.1. The van der Waals surface area contributed by atoms with Crippen molar-refractivity contribution in [2.75, 3.05) is 6.61 Å². The maximum absolute atomic E-state index is 5.48. The molecule has 0 bridgehead atoms. The van der Waals surface area contributed by atoms with Crippen molar-refractivity contribution in [3.8, 4) is 0 Å². The summed E-state index contributed by atoms with van der Waals surface area (Å²) in [6, 6.07) is 0. The number of allylic oxidation sites excluding steroid dienone is 1. The van der Waals surface area contributed by atoms with Gasteiger partial charge in [-0.25, -0.2) is 0 Å². The second-order valence-electron chi connectivity index (χ2n) is 5.27. The summed E-state index contributed by atoms with van der Waals surface area (Å²) in [5.74, 6) is 0. The minimum absolute atomic E-state index is 0.913. The van der Waals surface area contributed by atoms with E-state index in [1.807, 2.05) is 6.26 Å². The topological polar surface area (TPSA) is 9.23 Å². The summed E-state index contributed by atoms with van der Waals surface area (Å²) in [5, 5.41) is 0. The van der Waals surface area contributed by atoms with Crippen LogP contribution in [0.15, 0.2) is 12.3 Å². The second-order valence-corrected chi connectivity index (χ2v) is 5.27. The highest BCUT2D eigenvalue weighted by molar-refractivity contribution is 4.73. The molecule has 0 saturated heterocycles. The molecule has 1 heterocycles. The van der Waals surface area contributed by atoms with Gasteiger partial charge in [-0.1, -0.05) is 64.2 Å². The molecule has 1 rings (SSSR count). The van der Waals surface area contributed by atoms with Gasteiger partial charge in [-0.05, 0) is 25.3 Å². The Balaban J connectivity index is 2.07. The molecule has 0 unspecified atom stereocenters. The largest absolute Gasteiger partial charge is 0.502 e. The predicted octanol–water partition coefficient (Wildman–Crippen LogP) is 5.60. The maximum atomic E-state index is 5.48. The molecule has 0 amide bonds. The Hall–Kier alpha value is -0.460. The van der Waals surface area contributed by atoms with E-state index in [9.17, 15) is 0 Å². The van der Waals surface area contributed by atoms with Crippen LogP contribution in [0, 0.1) is 0 Å². The van der Waals surface area contributed by atoms with Crippen LogP contribution in [0.4, 0.5) is 0 Å². The number of ether oxygens (including phenoxy) is 1. The Labute approximate surface area is 108 Å². The third kappa shape index (κ3) is 10.4. The lowest BCUT2D eigenvalue weighted by atomic mass is 10.0. The predicted molar refractivity (Wildman–Crippen MR) is 75.1 cm³/mol. The molecule has 0 radical (unpaired) electrons. The van der Waals surface area contributed by atoms with E-state index in [4.69, 9.17) is 4.74 Å². The van der Waals surface area contributed by atoms with Gasteiger partial charge in [-0.2, -0.15) is 0 Å². The molecular weight excluding hydrogens is 208 g/mol. The Morgan fingerprint density at radius 2 is 1.00 bits per heavy atom. The van der Waals surface area contributed by atoms with Crippen LogP contribution in [0.25, 0.3) is 0 Å². The van der Waals surface area contributed by atoms with Crippen molar-refractivity contribution in [3.05, 3.63) is 12.3 Å². The third-order valence-corrected chi connectivity index (χ3v) is 3.58. The van der Waals surface area contributed by atoms with E-state index in [-0.39, 0.29) is 0 Å². The fraction of sp³-hybridized carbons (Fsp3) is 0.875. The van der Waals surface area contributed by atoms with Gasteiger partial charge in [0.2, 0.25) is 0 Å². The standard InChI is InChI=1S/C16H30O/c1-2-4-6-8-10-12-14-16-17-15-13-11-9-7-5-3-1/h13,15H,1-12,14,16H2. The number of hydrogen-bond donors (Lipinski definition) is 0. The first-order chi connectivity index (χ1) is 8.50. The van der Waals surface area contributed by atoms with Gasteiger partial charge in [0, 0.05) is 0 Å². The van der Waals surface area contributed by atoms with Gasteiger partial charge in [-0.15, -0.1) is 0 Å². The zero-order valence-electron chi connectivity index (χ0n) is 11.5. The lowest BCUT2D eigenvalue weighted by molar-refractivity contribution is 0.239. The van der Waals surface area contributed by atoms with Gasteiger partial charge in [0.25, 0.3) is 0 Å². The Kier molecular flexibility index (Phi) is 10.3. The van der Waals surface area contributed by atoms with Crippen molar-refractivity contribution >= 4 is 0 Å². The summed E-state index contributed by atoms with van der Waals surface area (Å²) in [7, 11) is 0. The number of hydrogen-bond acceptors (Lipinski definition) is 1. The summed E-state index contributed by atoms with van der Waals surface area (Å²) in [6.45, 7) is 0.913.